The number of hydrogen-bond acceptors (Lipinski definition) is 7. The van der Waals surface area contributed by atoms with E-state index in [9.17, 15) is 36.2 Å². The maximum atomic E-state index is 13.1. The van der Waals surface area contributed by atoms with E-state index in [1.165, 1.54) is 4.90 Å². The van der Waals surface area contributed by atoms with E-state index in [0.29, 0.717) is 57.9 Å². The van der Waals surface area contributed by atoms with Crippen molar-refractivity contribution in [3.05, 3.63) is 29.3 Å². The SMILES string of the molecule is O=C(Nc1cc(C(F)(F)F)cc(C(F)(F)F)c1)N1CC(N2CCN(C[C@@H]3OC4OC5(CCCCC5)OC4[C@@H]3O)CC2)C1. The van der Waals surface area contributed by atoms with Crippen molar-refractivity contribution >= 4 is 11.7 Å². The third-order valence-electron chi connectivity index (χ3n) is 8.94. The summed E-state index contributed by atoms with van der Waals surface area (Å²) in [5, 5.41) is 13.0. The fraction of sp³-hybridized carbons (Fsp3) is 0.741. The molecule has 4 aliphatic heterocycles. The first kappa shape index (κ1) is 29.9. The van der Waals surface area contributed by atoms with Crippen molar-refractivity contribution in [2.45, 2.75) is 80.9 Å². The largest absolute Gasteiger partial charge is 0.416 e. The quantitative estimate of drug-likeness (QED) is 0.505. The predicted octanol–water partition coefficient (Wildman–Crippen LogP) is 3.72. The summed E-state index contributed by atoms with van der Waals surface area (Å²) in [6.45, 7) is 3.96. The Morgan fingerprint density at radius 3 is 2.12 bits per heavy atom. The van der Waals surface area contributed by atoms with Crippen LogP contribution in [0.15, 0.2) is 18.2 Å². The average molecular weight is 609 g/mol. The minimum absolute atomic E-state index is 0.0221. The number of alkyl halides is 6. The van der Waals surface area contributed by atoms with Gasteiger partial charge in [0.05, 0.1) is 11.1 Å². The molecule has 234 valence electrons. The Balaban J connectivity index is 0.949. The van der Waals surface area contributed by atoms with Crippen molar-refractivity contribution in [3.63, 3.8) is 0 Å². The minimum Gasteiger partial charge on any atom is -0.387 e. The van der Waals surface area contributed by atoms with Crippen LogP contribution in [-0.4, -0.2) is 108 Å². The van der Waals surface area contributed by atoms with Crippen molar-refractivity contribution in [2.24, 2.45) is 0 Å². The van der Waals surface area contributed by atoms with Gasteiger partial charge >= 0.3 is 18.4 Å². The normalized spacial score (nSPS) is 30.9. The van der Waals surface area contributed by atoms with E-state index in [1.54, 1.807) is 0 Å². The summed E-state index contributed by atoms with van der Waals surface area (Å²) >= 11 is 0. The maximum absolute atomic E-state index is 13.1. The number of aliphatic hydroxyl groups excluding tert-OH is 1. The van der Waals surface area contributed by atoms with Crippen LogP contribution < -0.4 is 5.32 Å². The van der Waals surface area contributed by atoms with Gasteiger partial charge in [0.15, 0.2) is 12.1 Å². The summed E-state index contributed by atoms with van der Waals surface area (Å²) < 4.78 is 97.0. The molecule has 6 rings (SSSR count). The molecule has 0 bridgehead atoms. The van der Waals surface area contributed by atoms with Gasteiger partial charge in [0.25, 0.3) is 0 Å². The zero-order chi connectivity index (χ0) is 29.9. The molecule has 1 spiro atoms. The zero-order valence-corrected chi connectivity index (χ0v) is 22.8. The Kier molecular flexibility index (Phi) is 7.88. The minimum atomic E-state index is -5.00. The molecule has 1 aromatic carbocycles. The fourth-order valence-corrected chi connectivity index (χ4v) is 6.53. The third kappa shape index (κ3) is 6.09. The molecule has 4 atom stereocenters. The van der Waals surface area contributed by atoms with Crippen LogP contribution in [0.2, 0.25) is 0 Å². The molecule has 1 aliphatic carbocycles. The molecule has 4 saturated heterocycles. The monoisotopic (exact) mass is 608 g/mol. The molecule has 5 fully saturated rings. The van der Waals surface area contributed by atoms with Crippen LogP contribution >= 0.6 is 0 Å². The van der Waals surface area contributed by atoms with Crippen molar-refractivity contribution < 1.29 is 50.5 Å². The smallest absolute Gasteiger partial charge is 0.387 e. The zero-order valence-electron chi connectivity index (χ0n) is 22.8. The van der Waals surface area contributed by atoms with Gasteiger partial charge in [-0.3, -0.25) is 9.80 Å². The van der Waals surface area contributed by atoms with Gasteiger partial charge in [-0.05, 0) is 31.0 Å². The highest BCUT2D eigenvalue weighted by Gasteiger charge is 2.57. The number of anilines is 1. The van der Waals surface area contributed by atoms with Crippen LogP contribution in [0.4, 0.5) is 36.8 Å². The second kappa shape index (κ2) is 11.1. The lowest BCUT2D eigenvalue weighted by atomic mass is 9.94. The van der Waals surface area contributed by atoms with Gasteiger partial charge in [-0.15, -0.1) is 0 Å². The van der Waals surface area contributed by atoms with Crippen molar-refractivity contribution in [1.82, 2.24) is 14.7 Å². The number of nitrogens with zero attached hydrogens (tertiary/aromatic N) is 3. The van der Waals surface area contributed by atoms with E-state index < -0.39 is 65.6 Å². The summed E-state index contributed by atoms with van der Waals surface area (Å²) in [5.41, 5.74) is -3.54. The first-order valence-electron chi connectivity index (χ1n) is 14.3. The standard InChI is InChI=1S/C27H34F6N4O5/c28-26(29,30)16-10-17(27(31,32)33)12-18(11-16)34-24(39)37-13-19(14-37)36-8-6-35(7-9-36)15-20-21(38)22-23(40-20)42-25(41-22)4-2-1-3-5-25/h10-12,19-23,38H,1-9,13-15H2,(H,34,39)/t20-,21+,22?,23?/m0/s1. The van der Waals surface area contributed by atoms with Crippen molar-refractivity contribution in [2.75, 3.05) is 51.1 Å². The number of amides is 2. The number of likely N-dealkylation sites (tertiary alicyclic amines) is 1. The number of rotatable bonds is 4. The van der Waals surface area contributed by atoms with Crippen LogP contribution in [0, 0.1) is 0 Å². The number of aliphatic hydroxyl groups is 1. The van der Waals surface area contributed by atoms with E-state index in [-0.39, 0.29) is 12.1 Å². The molecule has 5 aliphatic rings. The highest BCUT2D eigenvalue weighted by molar-refractivity contribution is 5.90. The number of nitrogens with one attached hydrogen (secondary N) is 1. The van der Waals surface area contributed by atoms with Gasteiger partial charge in [-0.25, -0.2) is 4.79 Å². The second-order valence-electron chi connectivity index (χ2n) is 11.8. The van der Waals surface area contributed by atoms with Crippen molar-refractivity contribution in [3.8, 4) is 0 Å². The third-order valence-corrected chi connectivity index (χ3v) is 8.94. The summed E-state index contributed by atoms with van der Waals surface area (Å²) in [6, 6.07) is 0.289. The highest BCUT2D eigenvalue weighted by atomic mass is 19.4. The molecular formula is C27H34F6N4O5. The van der Waals surface area contributed by atoms with E-state index in [4.69, 9.17) is 14.2 Å². The number of hydrogen-bond donors (Lipinski definition) is 2. The summed E-state index contributed by atoms with van der Waals surface area (Å²) in [6.07, 6.45) is -7.40. The molecule has 15 heteroatoms. The molecule has 1 aromatic rings. The molecule has 2 unspecified atom stereocenters. The molecule has 42 heavy (non-hydrogen) atoms. The van der Waals surface area contributed by atoms with Gasteiger partial charge in [-0.1, -0.05) is 6.42 Å². The van der Waals surface area contributed by atoms with Gasteiger partial charge in [0.2, 0.25) is 0 Å². The number of benzene rings is 1. The molecular weight excluding hydrogens is 574 g/mol. The van der Waals surface area contributed by atoms with Crippen LogP contribution in [-0.2, 0) is 26.6 Å². The Hall–Kier alpha value is -2.17. The van der Waals surface area contributed by atoms with Crippen LogP contribution in [0.25, 0.3) is 0 Å². The van der Waals surface area contributed by atoms with Gasteiger partial charge in [-0.2, -0.15) is 26.3 Å². The molecule has 9 nitrogen and oxygen atoms in total. The van der Waals surface area contributed by atoms with Crippen LogP contribution in [0.1, 0.15) is 43.2 Å². The van der Waals surface area contributed by atoms with Crippen LogP contribution in [0.3, 0.4) is 0 Å². The van der Waals surface area contributed by atoms with Gasteiger partial charge in [0.1, 0.15) is 18.3 Å². The Bertz CT molecular complexity index is 1120. The number of fused-ring (bicyclic) bond motifs is 1. The Labute approximate surface area is 238 Å². The molecule has 0 aromatic heterocycles. The highest BCUT2D eigenvalue weighted by Crippen LogP contribution is 2.45. The number of ether oxygens (including phenoxy) is 3. The Morgan fingerprint density at radius 2 is 1.55 bits per heavy atom. The molecule has 2 amide bonds. The lowest BCUT2D eigenvalue weighted by Gasteiger charge is -2.48. The topological polar surface area (TPSA) is 86.7 Å². The summed E-state index contributed by atoms with van der Waals surface area (Å²) in [5.74, 6) is -0.627. The molecule has 1 saturated carbocycles. The maximum Gasteiger partial charge on any atom is 0.416 e. The second-order valence-corrected chi connectivity index (χ2v) is 11.8. The van der Waals surface area contributed by atoms with E-state index >= 15 is 0 Å². The average Bonchev–Trinajstić information content (AvgIpc) is 3.37. The van der Waals surface area contributed by atoms with E-state index in [2.05, 4.69) is 15.1 Å². The Morgan fingerprint density at radius 1 is 0.929 bits per heavy atom. The number of carbonyl (C=O) groups excluding carboxylic acids is 1. The predicted molar refractivity (Wildman–Crippen MR) is 135 cm³/mol. The van der Waals surface area contributed by atoms with Crippen molar-refractivity contribution in [1.29, 1.82) is 0 Å². The number of piperazine rings is 1. The van der Waals surface area contributed by atoms with Gasteiger partial charge < -0.3 is 29.5 Å². The van der Waals surface area contributed by atoms with E-state index in [1.807, 2.05) is 0 Å². The summed E-state index contributed by atoms with van der Waals surface area (Å²) in [7, 11) is 0. The van der Waals surface area contributed by atoms with E-state index in [0.717, 1.165) is 32.1 Å². The summed E-state index contributed by atoms with van der Waals surface area (Å²) in [4.78, 5) is 18.3. The number of carbonyl (C=O) groups is 1. The number of urea groups is 1. The first-order valence-corrected chi connectivity index (χ1v) is 14.3. The molecule has 0 radical (unpaired) electrons. The molecule has 2 N–H and O–H groups in total. The van der Waals surface area contributed by atoms with Crippen LogP contribution in [0.5, 0.6) is 0 Å². The molecule has 4 heterocycles. The van der Waals surface area contributed by atoms with Gasteiger partial charge in [0, 0.05) is 70.4 Å². The fourth-order valence-electron chi connectivity index (χ4n) is 6.53. The first-order chi connectivity index (χ1) is 19.8. The lowest BCUT2D eigenvalue weighted by Crippen LogP contribution is -2.65. The number of halogens is 6. The lowest BCUT2D eigenvalue weighted by molar-refractivity contribution is -0.247.